The summed E-state index contributed by atoms with van der Waals surface area (Å²) >= 11 is 0. The summed E-state index contributed by atoms with van der Waals surface area (Å²) in [4.78, 5) is 18.9. The third-order valence-electron chi connectivity index (χ3n) is 4.64. The number of carbonyl (C=O) groups excluding carboxylic acids is 1. The first-order valence-electron chi connectivity index (χ1n) is 9.93. The summed E-state index contributed by atoms with van der Waals surface area (Å²) in [5.41, 5.74) is 0. The molecule has 1 atom stereocenters. The average molecular weight is 519 g/mol. The number of hydrogen-bond acceptors (Lipinski definition) is 6. The van der Waals surface area contributed by atoms with Gasteiger partial charge in [0.1, 0.15) is 12.4 Å². The normalized spacial score (nSPS) is 18.1. The van der Waals surface area contributed by atoms with Crippen molar-refractivity contribution in [2.75, 3.05) is 46.2 Å². The van der Waals surface area contributed by atoms with Crippen LogP contribution in [-0.4, -0.2) is 63.0 Å². The Morgan fingerprint density at radius 1 is 1.31 bits per heavy atom. The highest BCUT2D eigenvalue weighted by Crippen LogP contribution is 2.35. The van der Waals surface area contributed by atoms with Gasteiger partial charge in [0.2, 0.25) is 6.79 Å². The van der Waals surface area contributed by atoms with E-state index in [2.05, 4.69) is 15.2 Å². The van der Waals surface area contributed by atoms with Gasteiger partial charge in [-0.1, -0.05) is 0 Å². The predicted octanol–water partition coefficient (Wildman–Crippen LogP) is 2.65. The molecule has 0 radical (unpaired) electrons. The van der Waals surface area contributed by atoms with Crippen LogP contribution in [0.15, 0.2) is 23.2 Å². The van der Waals surface area contributed by atoms with Gasteiger partial charge in [0.15, 0.2) is 17.5 Å². The smallest absolute Gasteiger partial charge is 0.310 e. The molecule has 29 heavy (non-hydrogen) atoms. The zero-order valence-electron chi connectivity index (χ0n) is 17.0. The van der Waals surface area contributed by atoms with E-state index in [1.54, 1.807) is 0 Å². The molecule has 2 heterocycles. The van der Waals surface area contributed by atoms with Crippen molar-refractivity contribution in [3.63, 3.8) is 0 Å². The van der Waals surface area contributed by atoms with E-state index in [-0.39, 0.29) is 42.7 Å². The second-order valence-corrected chi connectivity index (χ2v) is 6.64. The molecule has 1 saturated heterocycles. The number of piperidine rings is 1. The number of ether oxygens (including phenoxy) is 4. The molecule has 0 aromatic heterocycles. The SMILES string of the molecule is CCNC(=NCCOc1ccc2c(c1)OCO2)N1CCCC(C(=O)OCC)C1.I. The summed E-state index contributed by atoms with van der Waals surface area (Å²) in [5, 5.41) is 3.31. The Balaban J connectivity index is 0.00000300. The minimum Gasteiger partial charge on any atom is -0.492 e. The van der Waals surface area contributed by atoms with E-state index in [0.717, 1.165) is 43.4 Å². The highest BCUT2D eigenvalue weighted by Gasteiger charge is 2.28. The molecule has 1 fully saturated rings. The van der Waals surface area contributed by atoms with E-state index in [1.807, 2.05) is 32.0 Å². The molecule has 2 aliphatic rings. The molecule has 9 heteroatoms. The number of hydrogen-bond donors (Lipinski definition) is 1. The Kier molecular flexibility index (Phi) is 9.62. The van der Waals surface area contributed by atoms with Crippen molar-refractivity contribution < 1.29 is 23.7 Å². The van der Waals surface area contributed by atoms with Crippen molar-refractivity contribution in [1.82, 2.24) is 10.2 Å². The number of rotatable bonds is 7. The minimum atomic E-state index is -0.116. The third-order valence-corrected chi connectivity index (χ3v) is 4.64. The maximum absolute atomic E-state index is 12.1. The van der Waals surface area contributed by atoms with Gasteiger partial charge in [-0.05, 0) is 38.8 Å². The number of halogens is 1. The number of guanidine groups is 1. The zero-order chi connectivity index (χ0) is 19.8. The number of nitrogens with one attached hydrogen (secondary N) is 1. The standard InChI is InChI=1S/C20H29N3O5.HI/c1-3-21-20(23-10-5-6-15(13-23)19(24)25-4-2)22-9-11-26-16-7-8-17-18(12-16)28-14-27-17;/h7-8,12,15H,3-6,9-11,13-14H2,1-2H3,(H,21,22);1H. The van der Waals surface area contributed by atoms with Gasteiger partial charge in [0.25, 0.3) is 0 Å². The van der Waals surface area contributed by atoms with Gasteiger partial charge in [-0.15, -0.1) is 24.0 Å². The molecule has 0 amide bonds. The van der Waals surface area contributed by atoms with Gasteiger partial charge in [0, 0.05) is 25.7 Å². The van der Waals surface area contributed by atoms with Crippen LogP contribution in [0.2, 0.25) is 0 Å². The molecule has 1 unspecified atom stereocenters. The highest BCUT2D eigenvalue weighted by molar-refractivity contribution is 14.0. The maximum Gasteiger partial charge on any atom is 0.310 e. The molecule has 0 saturated carbocycles. The van der Waals surface area contributed by atoms with Gasteiger partial charge >= 0.3 is 5.97 Å². The van der Waals surface area contributed by atoms with E-state index in [9.17, 15) is 4.79 Å². The summed E-state index contributed by atoms with van der Waals surface area (Å²) in [6.45, 7) is 7.77. The summed E-state index contributed by atoms with van der Waals surface area (Å²) in [6.07, 6.45) is 1.81. The number of nitrogens with zero attached hydrogens (tertiary/aromatic N) is 2. The number of likely N-dealkylation sites (tertiary alicyclic amines) is 1. The van der Waals surface area contributed by atoms with Crippen molar-refractivity contribution >= 4 is 35.9 Å². The second kappa shape index (κ2) is 11.9. The Bertz CT molecular complexity index is 701. The van der Waals surface area contributed by atoms with Gasteiger partial charge in [0.05, 0.1) is 19.1 Å². The van der Waals surface area contributed by atoms with Crippen molar-refractivity contribution in [2.45, 2.75) is 26.7 Å². The first-order valence-corrected chi connectivity index (χ1v) is 9.93. The zero-order valence-corrected chi connectivity index (χ0v) is 19.3. The van der Waals surface area contributed by atoms with Gasteiger partial charge in [-0.3, -0.25) is 4.79 Å². The maximum atomic E-state index is 12.1. The molecule has 8 nitrogen and oxygen atoms in total. The lowest BCUT2D eigenvalue weighted by molar-refractivity contribution is -0.149. The average Bonchev–Trinajstić information content (AvgIpc) is 3.18. The number of fused-ring (bicyclic) bond motifs is 1. The third kappa shape index (κ3) is 6.55. The number of aliphatic imine (C=N–C) groups is 1. The van der Waals surface area contributed by atoms with Gasteiger partial charge in [-0.2, -0.15) is 0 Å². The van der Waals surface area contributed by atoms with Crippen LogP contribution in [0.3, 0.4) is 0 Å². The Labute approximate surface area is 188 Å². The molecule has 162 valence electrons. The fourth-order valence-electron chi connectivity index (χ4n) is 3.33. The molecule has 0 spiro atoms. The lowest BCUT2D eigenvalue weighted by Gasteiger charge is -2.34. The Morgan fingerprint density at radius 2 is 2.14 bits per heavy atom. The number of carbonyl (C=O) groups is 1. The lowest BCUT2D eigenvalue weighted by atomic mass is 9.98. The van der Waals surface area contributed by atoms with E-state index in [4.69, 9.17) is 18.9 Å². The molecule has 0 aliphatic carbocycles. The fourth-order valence-corrected chi connectivity index (χ4v) is 3.33. The van der Waals surface area contributed by atoms with Crippen molar-refractivity contribution in [1.29, 1.82) is 0 Å². The monoisotopic (exact) mass is 519 g/mol. The molecule has 2 aliphatic heterocycles. The van der Waals surface area contributed by atoms with Crippen LogP contribution in [0.5, 0.6) is 17.2 Å². The minimum absolute atomic E-state index is 0. The van der Waals surface area contributed by atoms with Crippen LogP contribution in [0.25, 0.3) is 0 Å². The van der Waals surface area contributed by atoms with Crippen LogP contribution in [-0.2, 0) is 9.53 Å². The summed E-state index contributed by atoms with van der Waals surface area (Å²) in [5.74, 6) is 2.76. The van der Waals surface area contributed by atoms with Gasteiger partial charge in [-0.25, -0.2) is 4.99 Å². The molecule has 1 N–H and O–H groups in total. The Morgan fingerprint density at radius 3 is 2.93 bits per heavy atom. The molecule has 1 aromatic carbocycles. The molecule has 1 aromatic rings. The lowest BCUT2D eigenvalue weighted by Crippen LogP contribution is -2.48. The van der Waals surface area contributed by atoms with Crippen LogP contribution in [0, 0.1) is 5.92 Å². The van der Waals surface area contributed by atoms with Crippen LogP contribution >= 0.6 is 24.0 Å². The van der Waals surface area contributed by atoms with E-state index in [1.165, 1.54) is 0 Å². The molecular formula is C20H30IN3O5. The molecular weight excluding hydrogens is 489 g/mol. The fraction of sp³-hybridized carbons (Fsp3) is 0.600. The van der Waals surface area contributed by atoms with Crippen molar-refractivity contribution in [2.24, 2.45) is 10.9 Å². The van der Waals surface area contributed by atoms with Crippen molar-refractivity contribution in [3.05, 3.63) is 18.2 Å². The van der Waals surface area contributed by atoms with Crippen LogP contribution < -0.4 is 19.5 Å². The molecule has 3 rings (SSSR count). The Hall–Kier alpha value is -1.91. The van der Waals surface area contributed by atoms with E-state index in [0.29, 0.717) is 32.1 Å². The number of benzene rings is 1. The largest absolute Gasteiger partial charge is 0.492 e. The topological polar surface area (TPSA) is 81.6 Å². The van der Waals surface area contributed by atoms with Crippen LogP contribution in [0.1, 0.15) is 26.7 Å². The summed E-state index contributed by atoms with van der Waals surface area (Å²) < 4.78 is 21.6. The van der Waals surface area contributed by atoms with E-state index >= 15 is 0 Å². The highest BCUT2D eigenvalue weighted by atomic mass is 127. The first kappa shape index (κ1) is 23.4. The van der Waals surface area contributed by atoms with Gasteiger partial charge < -0.3 is 29.2 Å². The van der Waals surface area contributed by atoms with Crippen molar-refractivity contribution in [3.8, 4) is 17.2 Å². The summed E-state index contributed by atoms with van der Waals surface area (Å²) in [7, 11) is 0. The van der Waals surface area contributed by atoms with Crippen LogP contribution in [0.4, 0.5) is 0 Å². The number of esters is 1. The quantitative estimate of drug-likeness (QED) is 0.195. The predicted molar refractivity (Wildman–Crippen MR) is 120 cm³/mol. The van der Waals surface area contributed by atoms with E-state index < -0.39 is 0 Å². The molecule has 0 bridgehead atoms. The first-order chi connectivity index (χ1) is 13.7. The summed E-state index contributed by atoms with van der Waals surface area (Å²) in [6, 6.07) is 5.52. The second-order valence-electron chi connectivity index (χ2n) is 6.64.